The van der Waals surface area contributed by atoms with E-state index in [9.17, 15) is 14.0 Å². The number of allylic oxidation sites excluding steroid dienone is 1. The van der Waals surface area contributed by atoms with Crippen molar-refractivity contribution >= 4 is 22.6 Å². The molecule has 1 unspecified atom stereocenters. The molecule has 7 nitrogen and oxygen atoms in total. The Balaban J connectivity index is 1.28. The second kappa shape index (κ2) is 15.7. The number of halogens is 1. The normalized spacial score (nSPS) is 15.5. The maximum Gasteiger partial charge on any atom is 0.250 e. The predicted octanol–water partition coefficient (Wildman–Crippen LogP) is 5.78. The predicted molar refractivity (Wildman–Crippen MR) is 152 cm³/mol. The van der Waals surface area contributed by atoms with E-state index in [4.69, 9.17) is 14.3 Å². The summed E-state index contributed by atoms with van der Waals surface area (Å²) in [7, 11) is 0. The average Bonchev–Trinajstić information content (AvgIpc) is 2.99. The first-order valence-electron chi connectivity index (χ1n) is 14.0. The molecular formula is C32H37FN2O5. The number of unbranched alkanes of at least 4 members (excludes halogenated alkanes) is 2. The molecule has 4 rings (SSSR count). The van der Waals surface area contributed by atoms with Gasteiger partial charge in [0.15, 0.2) is 6.29 Å². The van der Waals surface area contributed by atoms with Crippen molar-refractivity contribution in [2.45, 2.75) is 57.7 Å². The highest BCUT2D eigenvalue weighted by Gasteiger charge is 2.16. The van der Waals surface area contributed by atoms with Crippen LogP contribution in [0, 0.1) is 5.82 Å². The average molecular weight is 549 g/mol. The summed E-state index contributed by atoms with van der Waals surface area (Å²) in [4.78, 5) is 30.5. The Morgan fingerprint density at radius 2 is 1.82 bits per heavy atom. The molecule has 1 heterocycles. The fourth-order valence-electron chi connectivity index (χ4n) is 4.47. The van der Waals surface area contributed by atoms with E-state index in [2.05, 4.69) is 10.8 Å². The molecule has 2 N–H and O–H groups in total. The zero-order valence-corrected chi connectivity index (χ0v) is 22.7. The standard InChI is InChI=1S/C32H37FN2O5/c33-27-18-16-24(17-19-27)20-21-34-32(37)26(23-39-29-13-8-11-25-9-4-5-12-28(25)29)10-2-1-3-14-30(36)35-40-31-15-6-7-22-38-31/h4-5,8-13,16-19,31H,1-3,6-7,14-15,20-23H2,(H,34,37)(H,35,36). The van der Waals surface area contributed by atoms with Gasteiger partial charge in [-0.3, -0.25) is 9.59 Å². The van der Waals surface area contributed by atoms with Gasteiger partial charge in [-0.15, -0.1) is 0 Å². The highest BCUT2D eigenvalue weighted by atomic mass is 19.1. The minimum absolute atomic E-state index is 0.117. The first kappa shape index (κ1) is 29.2. The minimum Gasteiger partial charge on any atom is -0.488 e. The summed E-state index contributed by atoms with van der Waals surface area (Å²) in [6.45, 7) is 1.19. The van der Waals surface area contributed by atoms with Crippen molar-refractivity contribution in [3.05, 3.63) is 89.8 Å². The smallest absolute Gasteiger partial charge is 0.250 e. The lowest BCUT2D eigenvalue weighted by atomic mass is 10.1. The molecule has 2 amide bonds. The molecule has 0 bridgehead atoms. The van der Waals surface area contributed by atoms with Crippen molar-refractivity contribution in [1.29, 1.82) is 0 Å². The van der Waals surface area contributed by atoms with Gasteiger partial charge in [-0.25, -0.2) is 14.7 Å². The first-order valence-corrected chi connectivity index (χ1v) is 14.0. The van der Waals surface area contributed by atoms with E-state index in [1.54, 1.807) is 12.1 Å². The summed E-state index contributed by atoms with van der Waals surface area (Å²) in [5.41, 5.74) is 3.94. The maximum absolute atomic E-state index is 13.2. The molecule has 8 heteroatoms. The van der Waals surface area contributed by atoms with E-state index in [0.29, 0.717) is 50.2 Å². The molecule has 1 aliphatic heterocycles. The SMILES string of the molecule is O=C(CCCCC=C(COc1cccc2ccccc12)C(=O)NCCc1ccc(F)cc1)NOC1CCCCO1. The third kappa shape index (κ3) is 9.47. The Morgan fingerprint density at radius 1 is 1.00 bits per heavy atom. The second-order valence-corrected chi connectivity index (χ2v) is 9.81. The van der Waals surface area contributed by atoms with Gasteiger partial charge in [0.1, 0.15) is 18.2 Å². The van der Waals surface area contributed by atoms with Crippen molar-refractivity contribution in [3.63, 3.8) is 0 Å². The van der Waals surface area contributed by atoms with Gasteiger partial charge in [0, 0.05) is 31.4 Å². The number of fused-ring (bicyclic) bond motifs is 1. The number of nitrogens with one attached hydrogen (secondary N) is 2. The lowest BCUT2D eigenvalue weighted by Gasteiger charge is -2.22. The fraction of sp³-hybridized carbons (Fsp3) is 0.375. The van der Waals surface area contributed by atoms with Crippen LogP contribution in [0.25, 0.3) is 10.8 Å². The lowest BCUT2D eigenvalue weighted by molar-refractivity contribution is -0.200. The molecule has 3 aromatic carbocycles. The Hall–Kier alpha value is -3.75. The molecule has 1 atom stereocenters. The monoisotopic (exact) mass is 548 g/mol. The van der Waals surface area contributed by atoms with Gasteiger partial charge >= 0.3 is 0 Å². The highest BCUT2D eigenvalue weighted by molar-refractivity contribution is 5.94. The lowest BCUT2D eigenvalue weighted by Crippen LogP contribution is -2.32. The van der Waals surface area contributed by atoms with E-state index in [1.807, 2.05) is 48.5 Å². The van der Waals surface area contributed by atoms with Gasteiger partial charge in [-0.05, 0) is 67.7 Å². The van der Waals surface area contributed by atoms with Crippen molar-refractivity contribution in [2.75, 3.05) is 19.8 Å². The zero-order chi connectivity index (χ0) is 28.0. The molecule has 212 valence electrons. The minimum atomic E-state index is -0.369. The van der Waals surface area contributed by atoms with Crippen LogP contribution in [0.5, 0.6) is 5.75 Å². The summed E-state index contributed by atoms with van der Waals surface area (Å²) in [5, 5.41) is 4.99. The van der Waals surface area contributed by atoms with Crippen LogP contribution in [0.3, 0.4) is 0 Å². The molecule has 1 fully saturated rings. The van der Waals surface area contributed by atoms with Crippen LogP contribution in [-0.2, 0) is 25.6 Å². The quantitative estimate of drug-likeness (QED) is 0.152. The van der Waals surface area contributed by atoms with Crippen molar-refractivity contribution in [1.82, 2.24) is 10.8 Å². The van der Waals surface area contributed by atoms with Crippen molar-refractivity contribution in [3.8, 4) is 5.75 Å². The molecule has 0 aromatic heterocycles. The van der Waals surface area contributed by atoms with Crippen molar-refractivity contribution in [2.24, 2.45) is 0 Å². The largest absolute Gasteiger partial charge is 0.488 e. The summed E-state index contributed by atoms with van der Waals surface area (Å²) >= 11 is 0. The third-order valence-corrected chi connectivity index (χ3v) is 6.73. The van der Waals surface area contributed by atoms with Gasteiger partial charge in [-0.1, -0.05) is 54.6 Å². The number of rotatable bonds is 14. The molecule has 1 saturated heterocycles. The van der Waals surface area contributed by atoms with Crippen molar-refractivity contribution < 1.29 is 28.3 Å². The fourth-order valence-corrected chi connectivity index (χ4v) is 4.47. The number of carbonyl (C=O) groups is 2. The molecule has 3 aromatic rings. The summed E-state index contributed by atoms with van der Waals surface area (Å²) in [6.07, 6.45) is 7.25. The molecule has 0 spiro atoms. The molecule has 1 aliphatic rings. The third-order valence-electron chi connectivity index (χ3n) is 6.73. The molecule has 0 radical (unpaired) electrons. The molecule has 0 aliphatic carbocycles. The van der Waals surface area contributed by atoms with Crippen LogP contribution in [0.1, 0.15) is 50.5 Å². The summed E-state index contributed by atoms with van der Waals surface area (Å²) in [6, 6.07) is 20.0. The van der Waals surface area contributed by atoms with Crippen LogP contribution in [0.15, 0.2) is 78.4 Å². The number of hydrogen-bond acceptors (Lipinski definition) is 5. The van der Waals surface area contributed by atoms with Gasteiger partial charge in [0.25, 0.3) is 0 Å². The zero-order valence-electron chi connectivity index (χ0n) is 22.7. The second-order valence-electron chi connectivity index (χ2n) is 9.81. The molecular weight excluding hydrogens is 511 g/mol. The molecule has 0 saturated carbocycles. The Labute approximate surface area is 234 Å². The van der Waals surface area contributed by atoms with Gasteiger partial charge in [-0.2, -0.15) is 0 Å². The Morgan fingerprint density at radius 3 is 2.65 bits per heavy atom. The van der Waals surface area contributed by atoms with Crippen LogP contribution in [0.2, 0.25) is 0 Å². The first-order chi connectivity index (χ1) is 19.6. The summed E-state index contributed by atoms with van der Waals surface area (Å²) < 4.78 is 24.7. The van der Waals surface area contributed by atoms with Crippen LogP contribution < -0.4 is 15.5 Å². The number of hydrogen-bond donors (Lipinski definition) is 2. The van der Waals surface area contributed by atoms with E-state index < -0.39 is 0 Å². The van der Waals surface area contributed by atoms with Crippen LogP contribution in [-0.4, -0.2) is 37.9 Å². The van der Waals surface area contributed by atoms with Gasteiger partial charge in [0.2, 0.25) is 11.8 Å². The Bertz CT molecular complexity index is 1270. The Kier molecular flexibility index (Phi) is 11.5. The number of hydroxylamine groups is 1. The van der Waals surface area contributed by atoms with Gasteiger partial charge < -0.3 is 14.8 Å². The summed E-state index contributed by atoms with van der Waals surface area (Å²) in [5.74, 6) is 0.0331. The van der Waals surface area contributed by atoms with Crippen LogP contribution >= 0.6 is 0 Å². The number of ether oxygens (including phenoxy) is 2. The number of carbonyl (C=O) groups excluding carboxylic acids is 2. The maximum atomic E-state index is 13.2. The number of benzene rings is 3. The highest BCUT2D eigenvalue weighted by Crippen LogP contribution is 2.25. The molecule has 40 heavy (non-hydrogen) atoms. The van der Waals surface area contributed by atoms with Gasteiger partial charge in [0.05, 0.1) is 5.57 Å². The van der Waals surface area contributed by atoms with Crippen LogP contribution in [0.4, 0.5) is 4.39 Å². The van der Waals surface area contributed by atoms with E-state index in [0.717, 1.165) is 42.0 Å². The topological polar surface area (TPSA) is 85.9 Å². The van der Waals surface area contributed by atoms with E-state index >= 15 is 0 Å². The van der Waals surface area contributed by atoms with E-state index in [-0.39, 0.29) is 30.5 Å². The van der Waals surface area contributed by atoms with E-state index in [1.165, 1.54) is 12.1 Å². The number of amides is 2.